The van der Waals surface area contributed by atoms with Gasteiger partial charge in [-0.05, 0) is 25.2 Å². The molecule has 0 saturated carbocycles. The van der Waals surface area contributed by atoms with E-state index in [0.717, 1.165) is 57.6 Å². The van der Waals surface area contributed by atoms with Gasteiger partial charge in [0.2, 0.25) is 0 Å². The summed E-state index contributed by atoms with van der Waals surface area (Å²) >= 11 is 0. The lowest BCUT2D eigenvalue weighted by atomic mass is 9.99. The van der Waals surface area contributed by atoms with Crippen LogP contribution in [-0.4, -0.2) is 52.0 Å². The van der Waals surface area contributed by atoms with Gasteiger partial charge in [0.15, 0.2) is 5.96 Å². The van der Waals surface area contributed by atoms with Gasteiger partial charge in [-0.2, -0.15) is 0 Å². The van der Waals surface area contributed by atoms with Crippen LogP contribution in [0.4, 0.5) is 0 Å². The molecule has 23 heavy (non-hydrogen) atoms. The molecule has 1 aliphatic heterocycles. The molecule has 1 fully saturated rings. The van der Waals surface area contributed by atoms with Crippen LogP contribution in [0.15, 0.2) is 4.99 Å². The molecule has 1 heterocycles. The monoisotopic (exact) mass is 441 g/mol. The van der Waals surface area contributed by atoms with E-state index in [1.807, 2.05) is 7.05 Å². The summed E-state index contributed by atoms with van der Waals surface area (Å²) in [7, 11) is 1.83. The first kappa shape index (κ1) is 22.9. The first-order valence-electron chi connectivity index (χ1n) is 8.94. The number of hydrogen-bond donors (Lipinski definition) is 2. The smallest absolute Gasteiger partial charge is 0.190 e. The van der Waals surface area contributed by atoms with Crippen LogP contribution in [-0.2, 0) is 9.47 Å². The third-order valence-electron chi connectivity index (χ3n) is 4.18. The van der Waals surface area contributed by atoms with Gasteiger partial charge in [-0.3, -0.25) is 4.99 Å². The average molecular weight is 441 g/mol. The zero-order valence-corrected chi connectivity index (χ0v) is 17.4. The van der Waals surface area contributed by atoms with Crippen LogP contribution >= 0.6 is 24.0 Å². The highest BCUT2D eigenvalue weighted by atomic mass is 127. The lowest BCUT2D eigenvalue weighted by Crippen LogP contribution is -2.40. The number of ether oxygens (including phenoxy) is 2. The second kappa shape index (κ2) is 15.4. The number of nitrogens with one attached hydrogen (secondary N) is 2. The Labute approximate surface area is 159 Å². The molecular formula is C17H36IN3O2. The van der Waals surface area contributed by atoms with Crippen LogP contribution in [0.1, 0.15) is 52.4 Å². The van der Waals surface area contributed by atoms with E-state index in [-0.39, 0.29) is 24.0 Å². The van der Waals surface area contributed by atoms with E-state index >= 15 is 0 Å². The third kappa shape index (κ3) is 11.2. The van der Waals surface area contributed by atoms with Gasteiger partial charge in [0.05, 0.1) is 12.7 Å². The molecule has 0 radical (unpaired) electrons. The number of rotatable bonds is 11. The van der Waals surface area contributed by atoms with Crippen molar-refractivity contribution in [1.82, 2.24) is 10.6 Å². The molecule has 0 bridgehead atoms. The largest absolute Gasteiger partial charge is 0.379 e. The van der Waals surface area contributed by atoms with Crippen LogP contribution in [0.2, 0.25) is 0 Å². The molecule has 6 heteroatoms. The molecule has 2 unspecified atom stereocenters. The molecule has 0 aliphatic carbocycles. The van der Waals surface area contributed by atoms with E-state index in [2.05, 4.69) is 29.5 Å². The first-order valence-corrected chi connectivity index (χ1v) is 8.94. The number of nitrogens with zero attached hydrogens (tertiary/aromatic N) is 1. The standard InChI is InChI=1S/C17H35N3O2.HI/c1-4-6-8-15(5-2)13-20-17(18-3)19-10-7-11-22-16-9-12-21-14-16;/h15-16H,4-14H2,1-3H3,(H2,18,19,20);1H. The number of halogens is 1. The molecule has 2 atom stereocenters. The number of aliphatic imine (C=N–C) groups is 1. The predicted octanol–water partition coefficient (Wildman–Crippen LogP) is 3.18. The lowest BCUT2D eigenvalue weighted by Gasteiger charge is -2.18. The molecule has 0 aromatic carbocycles. The topological polar surface area (TPSA) is 54.9 Å². The molecule has 0 aromatic rings. The molecule has 1 saturated heterocycles. The Hall–Kier alpha value is -0.0800. The molecule has 0 aromatic heterocycles. The maximum absolute atomic E-state index is 5.75. The summed E-state index contributed by atoms with van der Waals surface area (Å²) in [5.74, 6) is 1.64. The normalized spacial score (nSPS) is 19.3. The molecule has 1 aliphatic rings. The van der Waals surface area contributed by atoms with Gasteiger partial charge in [0.25, 0.3) is 0 Å². The van der Waals surface area contributed by atoms with Crippen molar-refractivity contribution in [3.8, 4) is 0 Å². The summed E-state index contributed by atoms with van der Waals surface area (Å²) in [5, 5.41) is 6.80. The molecule has 1 rings (SSSR count). The van der Waals surface area contributed by atoms with Gasteiger partial charge in [-0.25, -0.2) is 0 Å². The zero-order chi connectivity index (χ0) is 16.0. The summed E-state index contributed by atoms with van der Waals surface area (Å²) in [6.07, 6.45) is 7.44. The third-order valence-corrected chi connectivity index (χ3v) is 4.18. The van der Waals surface area contributed by atoms with Crippen LogP contribution < -0.4 is 10.6 Å². The van der Waals surface area contributed by atoms with E-state index in [9.17, 15) is 0 Å². The minimum atomic E-state index is 0. The Bertz CT molecular complexity index is 298. The van der Waals surface area contributed by atoms with Crippen LogP contribution in [0.25, 0.3) is 0 Å². The summed E-state index contributed by atoms with van der Waals surface area (Å²) in [6.45, 7) is 8.79. The Kier molecular flexibility index (Phi) is 15.4. The minimum Gasteiger partial charge on any atom is -0.379 e. The van der Waals surface area contributed by atoms with E-state index in [0.29, 0.717) is 6.10 Å². The Balaban J connectivity index is 0.00000484. The SMILES string of the molecule is CCCCC(CC)CNC(=NC)NCCCOC1CCOC1.I. The number of guanidine groups is 1. The second-order valence-corrected chi connectivity index (χ2v) is 6.01. The van der Waals surface area contributed by atoms with Gasteiger partial charge in [-0.1, -0.05) is 33.1 Å². The lowest BCUT2D eigenvalue weighted by molar-refractivity contribution is 0.0420. The van der Waals surface area contributed by atoms with Gasteiger partial charge < -0.3 is 20.1 Å². The van der Waals surface area contributed by atoms with Crippen molar-refractivity contribution in [2.45, 2.75) is 58.5 Å². The fourth-order valence-electron chi connectivity index (χ4n) is 2.58. The number of hydrogen-bond acceptors (Lipinski definition) is 3. The summed E-state index contributed by atoms with van der Waals surface area (Å²) in [5.41, 5.74) is 0. The van der Waals surface area contributed by atoms with E-state index in [4.69, 9.17) is 9.47 Å². The Morgan fingerprint density at radius 3 is 2.74 bits per heavy atom. The molecule has 2 N–H and O–H groups in total. The molecule has 0 amide bonds. The van der Waals surface area contributed by atoms with Crippen molar-refractivity contribution in [3.63, 3.8) is 0 Å². The minimum absolute atomic E-state index is 0. The maximum atomic E-state index is 5.75. The Morgan fingerprint density at radius 2 is 2.13 bits per heavy atom. The Morgan fingerprint density at radius 1 is 1.30 bits per heavy atom. The van der Waals surface area contributed by atoms with Crippen LogP contribution in [0.3, 0.4) is 0 Å². The molecule has 0 spiro atoms. The predicted molar refractivity (Wildman–Crippen MR) is 108 cm³/mol. The van der Waals surface area contributed by atoms with Crippen molar-refractivity contribution >= 4 is 29.9 Å². The molecular weight excluding hydrogens is 405 g/mol. The highest BCUT2D eigenvalue weighted by Crippen LogP contribution is 2.11. The van der Waals surface area contributed by atoms with Crippen LogP contribution in [0, 0.1) is 5.92 Å². The van der Waals surface area contributed by atoms with Crippen molar-refractivity contribution in [2.24, 2.45) is 10.9 Å². The molecule has 138 valence electrons. The first-order chi connectivity index (χ1) is 10.8. The summed E-state index contributed by atoms with van der Waals surface area (Å²) < 4.78 is 11.0. The van der Waals surface area contributed by atoms with E-state index in [1.54, 1.807) is 0 Å². The fraction of sp³-hybridized carbons (Fsp3) is 0.941. The average Bonchev–Trinajstić information content (AvgIpc) is 3.06. The van der Waals surface area contributed by atoms with Gasteiger partial charge in [-0.15, -0.1) is 24.0 Å². The van der Waals surface area contributed by atoms with Crippen LogP contribution in [0.5, 0.6) is 0 Å². The van der Waals surface area contributed by atoms with E-state index < -0.39 is 0 Å². The fourth-order valence-corrected chi connectivity index (χ4v) is 2.58. The van der Waals surface area contributed by atoms with Gasteiger partial charge in [0.1, 0.15) is 0 Å². The molecule has 5 nitrogen and oxygen atoms in total. The highest BCUT2D eigenvalue weighted by Gasteiger charge is 2.15. The quantitative estimate of drug-likeness (QED) is 0.224. The van der Waals surface area contributed by atoms with Gasteiger partial charge in [0, 0.05) is 33.4 Å². The maximum Gasteiger partial charge on any atom is 0.190 e. The summed E-state index contributed by atoms with van der Waals surface area (Å²) in [6, 6.07) is 0. The number of unbranched alkanes of at least 4 members (excludes halogenated alkanes) is 1. The van der Waals surface area contributed by atoms with Crippen molar-refractivity contribution < 1.29 is 9.47 Å². The van der Waals surface area contributed by atoms with E-state index in [1.165, 1.54) is 25.7 Å². The van der Waals surface area contributed by atoms with Crippen molar-refractivity contribution in [3.05, 3.63) is 0 Å². The van der Waals surface area contributed by atoms with Crippen molar-refractivity contribution in [2.75, 3.05) is 40.0 Å². The van der Waals surface area contributed by atoms with Gasteiger partial charge >= 0.3 is 0 Å². The highest BCUT2D eigenvalue weighted by molar-refractivity contribution is 14.0. The van der Waals surface area contributed by atoms with Crippen molar-refractivity contribution in [1.29, 1.82) is 0 Å². The second-order valence-electron chi connectivity index (χ2n) is 6.01. The zero-order valence-electron chi connectivity index (χ0n) is 15.1. The summed E-state index contributed by atoms with van der Waals surface area (Å²) in [4.78, 5) is 4.28.